The molecule has 7 N–H and O–H groups in total. The van der Waals surface area contributed by atoms with E-state index in [1.165, 1.54) is 24.2 Å². The molecule has 1 aliphatic rings. The predicted molar refractivity (Wildman–Crippen MR) is 151 cm³/mol. The highest BCUT2D eigenvalue weighted by molar-refractivity contribution is 7.91. The van der Waals surface area contributed by atoms with E-state index in [1.54, 1.807) is 44.2 Å². The van der Waals surface area contributed by atoms with Gasteiger partial charge in [0.1, 0.15) is 0 Å². The number of nitrogens with two attached hydrogens (primary N) is 2. The van der Waals surface area contributed by atoms with Gasteiger partial charge in [0.2, 0.25) is 0 Å². The van der Waals surface area contributed by atoms with Crippen LogP contribution in [0.15, 0.2) is 47.4 Å². The summed E-state index contributed by atoms with van der Waals surface area (Å²) in [4.78, 5) is 44.8. The molecule has 2 rings (SSSR count). The molecule has 14 heteroatoms. The van der Waals surface area contributed by atoms with Crippen LogP contribution in [0, 0.1) is 0 Å². The third kappa shape index (κ3) is 15.7. The number of rotatable bonds is 10. The molecular formula is C26H43N5O8S. The fourth-order valence-electron chi connectivity index (χ4n) is 3.95. The van der Waals surface area contributed by atoms with Gasteiger partial charge in [-0.15, -0.1) is 0 Å². The summed E-state index contributed by atoms with van der Waals surface area (Å²) >= 11 is 0. The molecule has 1 heterocycles. The van der Waals surface area contributed by atoms with Gasteiger partial charge in [0.15, 0.2) is 9.84 Å². The number of carboxylic acids is 2. The lowest BCUT2D eigenvalue weighted by atomic mass is 9.98. The maximum atomic E-state index is 12.0. The number of amides is 4. The highest BCUT2D eigenvalue weighted by Crippen LogP contribution is 2.21. The smallest absolute Gasteiger partial charge is 0.328 e. The van der Waals surface area contributed by atoms with Gasteiger partial charge < -0.3 is 31.9 Å². The van der Waals surface area contributed by atoms with Crippen molar-refractivity contribution in [3.05, 3.63) is 42.5 Å². The standard InChI is InChI=1S/C12H18N2O3S.C10H21N3O.C4H4O4/c1-10(2)14(12(13)15)8-9-18(16,17)11-6-4-3-5-7-11;1-8-4-3-5-9(2)13(8)7-6-12-10(11)14;5-3(6)1-2-4(7)8/h3-7,10H,8-9H2,1-2H3,(H2,13,15);8-9H,3-7H2,1-2H3,(H3,11,12,14);1-2H,(H,5,6)(H,7,8). The maximum absolute atomic E-state index is 12.0. The zero-order valence-corrected chi connectivity index (χ0v) is 24.3. The number of aliphatic carboxylic acids is 2. The Kier molecular flexibility index (Phi) is 16.9. The monoisotopic (exact) mass is 585 g/mol. The van der Waals surface area contributed by atoms with Crippen molar-refractivity contribution >= 4 is 33.8 Å². The van der Waals surface area contributed by atoms with Gasteiger partial charge in [-0.25, -0.2) is 27.6 Å². The van der Waals surface area contributed by atoms with Crippen LogP contribution < -0.4 is 16.8 Å². The van der Waals surface area contributed by atoms with Crippen molar-refractivity contribution in [2.24, 2.45) is 11.5 Å². The Labute approximate surface area is 236 Å². The summed E-state index contributed by atoms with van der Waals surface area (Å²) in [6, 6.07) is 8.29. The second-order valence-corrected chi connectivity index (χ2v) is 11.5. The van der Waals surface area contributed by atoms with Crippen LogP contribution in [0.2, 0.25) is 0 Å². The molecule has 1 aromatic rings. The minimum atomic E-state index is -3.37. The van der Waals surface area contributed by atoms with Gasteiger partial charge >= 0.3 is 24.0 Å². The number of hydrogen-bond donors (Lipinski definition) is 5. The average Bonchev–Trinajstić information content (AvgIpc) is 2.85. The molecule has 226 valence electrons. The Morgan fingerprint density at radius 2 is 1.52 bits per heavy atom. The molecule has 0 aromatic heterocycles. The average molecular weight is 586 g/mol. The Morgan fingerprint density at radius 3 is 1.93 bits per heavy atom. The fourth-order valence-corrected chi connectivity index (χ4v) is 5.20. The minimum absolute atomic E-state index is 0.101. The number of carboxylic acid groups (broad SMARTS) is 2. The molecule has 0 radical (unpaired) electrons. The number of nitrogens with zero attached hydrogens (tertiary/aromatic N) is 2. The van der Waals surface area contributed by atoms with Gasteiger partial charge in [-0.3, -0.25) is 4.90 Å². The van der Waals surface area contributed by atoms with Crippen molar-refractivity contribution in [1.82, 2.24) is 15.1 Å². The molecular weight excluding hydrogens is 542 g/mol. The van der Waals surface area contributed by atoms with Gasteiger partial charge in [0, 0.05) is 49.9 Å². The van der Waals surface area contributed by atoms with Gasteiger partial charge in [-0.1, -0.05) is 24.6 Å². The van der Waals surface area contributed by atoms with E-state index in [4.69, 9.17) is 21.7 Å². The van der Waals surface area contributed by atoms with E-state index < -0.39 is 33.8 Å². The molecule has 40 heavy (non-hydrogen) atoms. The zero-order valence-electron chi connectivity index (χ0n) is 23.5. The van der Waals surface area contributed by atoms with Crippen LogP contribution in [0.5, 0.6) is 0 Å². The Morgan fingerprint density at radius 1 is 1.02 bits per heavy atom. The van der Waals surface area contributed by atoms with Crippen LogP contribution in [0.4, 0.5) is 9.59 Å². The molecule has 13 nitrogen and oxygen atoms in total. The number of sulfone groups is 1. The van der Waals surface area contributed by atoms with Crippen molar-refractivity contribution in [3.63, 3.8) is 0 Å². The number of piperidine rings is 1. The Balaban J connectivity index is 0.000000614. The Bertz CT molecular complexity index is 1050. The van der Waals surface area contributed by atoms with Crippen molar-refractivity contribution in [1.29, 1.82) is 0 Å². The minimum Gasteiger partial charge on any atom is -0.478 e. The van der Waals surface area contributed by atoms with E-state index in [9.17, 15) is 27.6 Å². The molecule has 2 atom stereocenters. The molecule has 1 aromatic carbocycles. The van der Waals surface area contributed by atoms with Crippen LogP contribution in [-0.2, 0) is 19.4 Å². The number of carbonyl (C=O) groups excluding carboxylic acids is 2. The summed E-state index contributed by atoms with van der Waals surface area (Å²) in [5.74, 6) is -2.64. The highest BCUT2D eigenvalue weighted by Gasteiger charge is 2.24. The fraction of sp³-hybridized carbons (Fsp3) is 0.538. The molecule has 0 aliphatic carbocycles. The van der Waals surface area contributed by atoms with Crippen molar-refractivity contribution in [3.8, 4) is 0 Å². The third-order valence-electron chi connectivity index (χ3n) is 6.02. The second kappa shape index (κ2) is 18.6. The van der Waals surface area contributed by atoms with Crippen LogP contribution in [0.3, 0.4) is 0 Å². The second-order valence-electron chi connectivity index (χ2n) is 9.42. The summed E-state index contributed by atoms with van der Waals surface area (Å²) in [5.41, 5.74) is 10.2. The van der Waals surface area contributed by atoms with Crippen LogP contribution in [0.25, 0.3) is 0 Å². The van der Waals surface area contributed by atoms with Crippen molar-refractivity contribution < 1.29 is 37.8 Å². The third-order valence-corrected chi connectivity index (χ3v) is 7.73. The number of benzene rings is 1. The van der Waals surface area contributed by atoms with Crippen LogP contribution in [0.1, 0.15) is 47.0 Å². The predicted octanol–water partition coefficient (Wildman–Crippen LogP) is 1.88. The van der Waals surface area contributed by atoms with E-state index in [1.807, 2.05) is 0 Å². The number of primary amides is 2. The summed E-state index contributed by atoms with van der Waals surface area (Å²) in [7, 11) is -3.37. The topological polar surface area (TPSA) is 213 Å². The molecule has 0 saturated carbocycles. The summed E-state index contributed by atoms with van der Waals surface area (Å²) < 4.78 is 24.0. The largest absolute Gasteiger partial charge is 0.478 e. The van der Waals surface area contributed by atoms with E-state index in [-0.39, 0.29) is 23.2 Å². The van der Waals surface area contributed by atoms with Crippen LogP contribution >= 0.6 is 0 Å². The normalized spacial score (nSPS) is 17.1. The molecule has 1 aliphatic heterocycles. The first-order chi connectivity index (χ1) is 18.6. The quantitative estimate of drug-likeness (QED) is 0.253. The summed E-state index contributed by atoms with van der Waals surface area (Å²) in [6.45, 7) is 9.75. The van der Waals surface area contributed by atoms with E-state index >= 15 is 0 Å². The van der Waals surface area contributed by atoms with E-state index in [0.29, 0.717) is 30.8 Å². The van der Waals surface area contributed by atoms with Crippen LogP contribution in [-0.4, -0.2) is 95.9 Å². The molecule has 0 spiro atoms. The number of nitrogens with one attached hydrogen (secondary N) is 1. The van der Waals surface area contributed by atoms with Gasteiger partial charge in [0.05, 0.1) is 10.6 Å². The molecule has 1 fully saturated rings. The Hall–Kier alpha value is -3.65. The van der Waals surface area contributed by atoms with Gasteiger partial charge in [-0.05, 0) is 52.7 Å². The summed E-state index contributed by atoms with van der Waals surface area (Å²) in [6.07, 6.45) is 4.97. The lowest BCUT2D eigenvalue weighted by Crippen LogP contribution is -2.47. The van der Waals surface area contributed by atoms with E-state index in [0.717, 1.165) is 6.54 Å². The number of likely N-dealkylation sites (tertiary alicyclic amines) is 1. The first-order valence-electron chi connectivity index (χ1n) is 12.8. The van der Waals surface area contributed by atoms with Crippen molar-refractivity contribution in [2.75, 3.05) is 25.4 Å². The molecule has 1 saturated heterocycles. The maximum Gasteiger partial charge on any atom is 0.328 e. The SMILES string of the molecule is CC(C)N(CCS(=O)(=O)c1ccccc1)C(N)=O.CC1CCCC(C)N1CCNC(N)=O.O=C(O)C=CC(=O)O. The number of urea groups is 2. The van der Waals surface area contributed by atoms with Crippen molar-refractivity contribution in [2.45, 2.75) is 70.0 Å². The van der Waals surface area contributed by atoms with Gasteiger partial charge in [-0.2, -0.15) is 0 Å². The highest BCUT2D eigenvalue weighted by atomic mass is 32.2. The first-order valence-corrected chi connectivity index (χ1v) is 14.5. The summed E-state index contributed by atoms with van der Waals surface area (Å²) in [5, 5.41) is 18.3. The lowest BCUT2D eigenvalue weighted by molar-refractivity contribution is -0.134. The van der Waals surface area contributed by atoms with E-state index in [2.05, 4.69) is 24.1 Å². The molecule has 4 amide bonds. The number of hydrogen-bond acceptors (Lipinski definition) is 7. The zero-order chi connectivity index (χ0) is 30.9. The first kappa shape index (κ1) is 36.4. The molecule has 0 bridgehead atoms. The lowest BCUT2D eigenvalue weighted by Gasteiger charge is -2.38. The molecule has 2 unspecified atom stereocenters. The van der Waals surface area contributed by atoms with Gasteiger partial charge in [0.25, 0.3) is 0 Å². The number of carbonyl (C=O) groups is 4.